The third-order valence-corrected chi connectivity index (χ3v) is 9.36. The molecule has 32 heavy (non-hydrogen) atoms. The van der Waals surface area contributed by atoms with E-state index in [0.717, 1.165) is 61.7 Å². The summed E-state index contributed by atoms with van der Waals surface area (Å²) in [5.74, 6) is 4.47. The number of ether oxygens (including phenoxy) is 2. The van der Waals surface area contributed by atoms with Crippen molar-refractivity contribution in [2.75, 3.05) is 6.61 Å². The molecule has 3 rings (SSSR count). The SMILES string of the molecule is CCCCOC(=O)OC1(CCC2CCC(CCC)CC2)CCC(C2CCC(C)CC2)CC1. The van der Waals surface area contributed by atoms with Crippen molar-refractivity contribution >= 4 is 6.16 Å². The highest BCUT2D eigenvalue weighted by atomic mass is 16.7. The molecule has 0 radical (unpaired) electrons. The summed E-state index contributed by atoms with van der Waals surface area (Å²) in [7, 11) is 0. The lowest BCUT2D eigenvalue weighted by atomic mass is 9.67. The van der Waals surface area contributed by atoms with Crippen molar-refractivity contribution < 1.29 is 14.3 Å². The summed E-state index contributed by atoms with van der Waals surface area (Å²) < 4.78 is 11.6. The van der Waals surface area contributed by atoms with Crippen LogP contribution in [-0.2, 0) is 9.47 Å². The summed E-state index contributed by atoms with van der Waals surface area (Å²) >= 11 is 0. The van der Waals surface area contributed by atoms with Gasteiger partial charge in [0.15, 0.2) is 0 Å². The third kappa shape index (κ3) is 7.94. The highest BCUT2D eigenvalue weighted by Gasteiger charge is 2.41. The molecule has 0 amide bonds. The molecule has 0 aliphatic heterocycles. The van der Waals surface area contributed by atoms with Crippen LogP contribution in [0.15, 0.2) is 0 Å². The highest BCUT2D eigenvalue weighted by molar-refractivity contribution is 5.60. The lowest BCUT2D eigenvalue weighted by molar-refractivity contribution is -0.0750. The molecule has 3 nitrogen and oxygen atoms in total. The van der Waals surface area contributed by atoms with Crippen LogP contribution in [0.25, 0.3) is 0 Å². The van der Waals surface area contributed by atoms with Crippen LogP contribution in [0.4, 0.5) is 4.79 Å². The Hall–Kier alpha value is -0.730. The summed E-state index contributed by atoms with van der Waals surface area (Å²) in [6.45, 7) is 7.35. The van der Waals surface area contributed by atoms with Crippen LogP contribution in [0, 0.1) is 29.6 Å². The first-order valence-electron chi connectivity index (χ1n) is 14.4. The Morgan fingerprint density at radius 1 is 0.781 bits per heavy atom. The van der Waals surface area contributed by atoms with Crippen LogP contribution in [0.3, 0.4) is 0 Å². The molecule has 186 valence electrons. The van der Waals surface area contributed by atoms with Crippen molar-refractivity contribution in [1.29, 1.82) is 0 Å². The van der Waals surface area contributed by atoms with Crippen LogP contribution in [-0.4, -0.2) is 18.4 Å². The summed E-state index contributed by atoms with van der Waals surface area (Å²) in [5, 5.41) is 0. The van der Waals surface area contributed by atoms with Gasteiger partial charge in [0.05, 0.1) is 6.61 Å². The van der Waals surface area contributed by atoms with E-state index in [1.165, 1.54) is 83.5 Å². The van der Waals surface area contributed by atoms with E-state index in [4.69, 9.17) is 9.47 Å². The Bertz CT molecular complexity index is 521. The van der Waals surface area contributed by atoms with Gasteiger partial charge in [0.1, 0.15) is 5.60 Å². The van der Waals surface area contributed by atoms with E-state index in [1.54, 1.807) is 0 Å². The van der Waals surface area contributed by atoms with Crippen molar-refractivity contribution in [3.05, 3.63) is 0 Å². The summed E-state index contributed by atoms with van der Waals surface area (Å²) in [6, 6.07) is 0. The second-order valence-corrected chi connectivity index (χ2v) is 11.8. The number of hydrogen-bond donors (Lipinski definition) is 0. The minimum absolute atomic E-state index is 0.262. The Morgan fingerprint density at radius 2 is 1.38 bits per heavy atom. The van der Waals surface area contributed by atoms with Crippen LogP contribution in [0.5, 0.6) is 0 Å². The van der Waals surface area contributed by atoms with Gasteiger partial charge in [-0.2, -0.15) is 0 Å². The molecule has 0 unspecified atom stereocenters. The lowest BCUT2D eigenvalue weighted by Crippen LogP contribution is -2.41. The van der Waals surface area contributed by atoms with Gasteiger partial charge in [-0.05, 0) is 87.4 Å². The molecule has 0 N–H and O–H groups in total. The smallest absolute Gasteiger partial charge is 0.434 e. The van der Waals surface area contributed by atoms with E-state index in [0.29, 0.717) is 6.61 Å². The fourth-order valence-corrected chi connectivity index (χ4v) is 6.99. The fraction of sp³-hybridized carbons (Fsp3) is 0.966. The van der Waals surface area contributed by atoms with E-state index >= 15 is 0 Å². The highest BCUT2D eigenvalue weighted by Crippen LogP contribution is 2.46. The van der Waals surface area contributed by atoms with Crippen LogP contribution in [0.2, 0.25) is 0 Å². The largest absolute Gasteiger partial charge is 0.508 e. The molecule has 0 aromatic heterocycles. The second-order valence-electron chi connectivity index (χ2n) is 11.8. The van der Waals surface area contributed by atoms with Crippen molar-refractivity contribution in [3.8, 4) is 0 Å². The maximum atomic E-state index is 12.5. The summed E-state index contributed by atoms with van der Waals surface area (Å²) in [4.78, 5) is 12.5. The number of hydrogen-bond acceptors (Lipinski definition) is 3. The number of carbonyl (C=O) groups excluding carboxylic acids is 1. The maximum absolute atomic E-state index is 12.5. The van der Waals surface area contributed by atoms with Crippen LogP contribution < -0.4 is 0 Å². The average Bonchev–Trinajstić information content (AvgIpc) is 2.80. The van der Waals surface area contributed by atoms with Gasteiger partial charge in [-0.15, -0.1) is 0 Å². The van der Waals surface area contributed by atoms with Gasteiger partial charge < -0.3 is 9.47 Å². The van der Waals surface area contributed by atoms with Crippen molar-refractivity contribution in [2.24, 2.45) is 29.6 Å². The molecule has 0 aromatic carbocycles. The topological polar surface area (TPSA) is 35.5 Å². The Balaban J connectivity index is 1.52. The first kappa shape index (κ1) is 25.9. The molecule has 3 fully saturated rings. The van der Waals surface area contributed by atoms with Gasteiger partial charge in [-0.1, -0.05) is 78.6 Å². The molecule has 0 atom stereocenters. The molecule has 3 heteroatoms. The molecule has 3 saturated carbocycles. The molecule has 3 aliphatic carbocycles. The normalized spacial score (nSPS) is 35.9. The fourth-order valence-electron chi connectivity index (χ4n) is 6.99. The third-order valence-electron chi connectivity index (χ3n) is 9.36. The number of carbonyl (C=O) groups is 1. The zero-order valence-electron chi connectivity index (χ0n) is 21.5. The van der Waals surface area contributed by atoms with E-state index < -0.39 is 6.16 Å². The molecule has 0 heterocycles. The van der Waals surface area contributed by atoms with E-state index in [1.807, 2.05) is 0 Å². The second kappa shape index (κ2) is 13.2. The summed E-state index contributed by atoms with van der Waals surface area (Å²) in [5.41, 5.74) is -0.262. The maximum Gasteiger partial charge on any atom is 0.508 e. The van der Waals surface area contributed by atoms with Crippen molar-refractivity contribution in [2.45, 2.75) is 142 Å². The van der Waals surface area contributed by atoms with Crippen molar-refractivity contribution in [1.82, 2.24) is 0 Å². The Kier molecular flexibility index (Phi) is 10.7. The molecule has 3 aliphatic rings. The minimum Gasteiger partial charge on any atom is -0.434 e. The van der Waals surface area contributed by atoms with E-state index in [9.17, 15) is 4.79 Å². The molecule has 0 spiro atoms. The first-order chi connectivity index (χ1) is 15.5. The zero-order chi connectivity index (χ0) is 22.8. The molecule has 0 bridgehead atoms. The average molecular weight is 449 g/mol. The molecular formula is C29H52O3. The van der Waals surface area contributed by atoms with Gasteiger partial charge >= 0.3 is 6.16 Å². The molecule has 0 saturated heterocycles. The number of rotatable bonds is 10. The predicted molar refractivity (Wildman–Crippen MR) is 133 cm³/mol. The van der Waals surface area contributed by atoms with Crippen LogP contribution in [0.1, 0.15) is 136 Å². The Morgan fingerprint density at radius 3 is 1.97 bits per heavy atom. The van der Waals surface area contributed by atoms with Gasteiger partial charge in [-0.25, -0.2) is 4.79 Å². The standard InChI is InChI=1S/C29H52O3/c1-4-6-22-31-28(30)32-29(19-16-25-12-10-24(7-5-2)11-13-25)20-17-27(18-21-29)26-14-8-23(3)9-15-26/h23-27H,4-22H2,1-3H3. The minimum atomic E-state index is -0.407. The number of unbranched alkanes of at least 4 members (excludes halogenated alkanes) is 1. The first-order valence-corrected chi connectivity index (χ1v) is 14.4. The van der Waals surface area contributed by atoms with Crippen LogP contribution >= 0.6 is 0 Å². The van der Waals surface area contributed by atoms with E-state index in [2.05, 4.69) is 20.8 Å². The van der Waals surface area contributed by atoms with Gasteiger partial charge in [0.25, 0.3) is 0 Å². The monoisotopic (exact) mass is 448 g/mol. The van der Waals surface area contributed by atoms with Crippen molar-refractivity contribution in [3.63, 3.8) is 0 Å². The van der Waals surface area contributed by atoms with Gasteiger partial charge in [-0.3, -0.25) is 0 Å². The lowest BCUT2D eigenvalue weighted by Gasteiger charge is -2.43. The van der Waals surface area contributed by atoms with E-state index in [-0.39, 0.29) is 5.60 Å². The zero-order valence-corrected chi connectivity index (χ0v) is 21.5. The molecular weight excluding hydrogens is 396 g/mol. The van der Waals surface area contributed by atoms with Gasteiger partial charge in [0.2, 0.25) is 0 Å². The molecule has 0 aromatic rings. The quantitative estimate of drug-likeness (QED) is 0.247. The summed E-state index contributed by atoms with van der Waals surface area (Å²) in [6.07, 6.45) is 22.4. The predicted octanol–water partition coefficient (Wildman–Crippen LogP) is 9.08. The Labute approximate surface area is 198 Å². The van der Waals surface area contributed by atoms with Gasteiger partial charge in [0, 0.05) is 0 Å².